The Morgan fingerprint density at radius 1 is 1.42 bits per heavy atom. The van der Waals surface area contributed by atoms with Crippen molar-refractivity contribution in [1.29, 1.82) is 0 Å². The third-order valence-electron chi connectivity index (χ3n) is 4.21. The summed E-state index contributed by atoms with van der Waals surface area (Å²) in [5, 5.41) is 5.85. The third-order valence-corrected chi connectivity index (χ3v) is 4.21. The summed E-state index contributed by atoms with van der Waals surface area (Å²) in [5.41, 5.74) is 0. The van der Waals surface area contributed by atoms with Crippen LogP contribution in [0, 0.1) is 0 Å². The molecule has 0 saturated carbocycles. The summed E-state index contributed by atoms with van der Waals surface area (Å²) < 4.78 is 10.1. The summed E-state index contributed by atoms with van der Waals surface area (Å²) in [5.74, 6) is 0.812. The van der Waals surface area contributed by atoms with E-state index in [0.29, 0.717) is 19.6 Å². The molecule has 1 unspecified atom stereocenters. The zero-order valence-corrected chi connectivity index (χ0v) is 14.4. The standard InChI is InChI=1S/C16H26N4O4/c1-19(2)13(14-5-4-10-24-14)11-17-15(21)18-12-6-8-20(9-7-12)16(22)23-3/h4-5,10,12-13H,6-9,11H2,1-3H3,(H2,17,18,21). The van der Waals surface area contributed by atoms with Crippen LogP contribution < -0.4 is 10.6 Å². The zero-order chi connectivity index (χ0) is 17.5. The van der Waals surface area contributed by atoms with E-state index in [1.807, 2.05) is 31.1 Å². The lowest BCUT2D eigenvalue weighted by Gasteiger charge is -2.31. The molecule has 3 amide bonds. The van der Waals surface area contributed by atoms with Crippen molar-refractivity contribution in [3.8, 4) is 0 Å². The molecule has 1 aliphatic rings. The minimum atomic E-state index is -0.315. The molecule has 0 aliphatic carbocycles. The number of methoxy groups -OCH3 is 1. The van der Waals surface area contributed by atoms with E-state index in [9.17, 15) is 9.59 Å². The Morgan fingerprint density at radius 2 is 2.12 bits per heavy atom. The molecule has 0 aromatic carbocycles. The maximum atomic E-state index is 12.1. The molecule has 1 fully saturated rings. The number of rotatable bonds is 5. The number of piperidine rings is 1. The fraction of sp³-hybridized carbons (Fsp3) is 0.625. The lowest BCUT2D eigenvalue weighted by Crippen LogP contribution is -2.50. The monoisotopic (exact) mass is 338 g/mol. The van der Waals surface area contributed by atoms with Crippen molar-refractivity contribution in [2.45, 2.75) is 24.9 Å². The van der Waals surface area contributed by atoms with Gasteiger partial charge < -0.3 is 24.7 Å². The van der Waals surface area contributed by atoms with Crippen LogP contribution in [0.2, 0.25) is 0 Å². The van der Waals surface area contributed by atoms with Gasteiger partial charge in [-0.05, 0) is 39.1 Å². The molecule has 1 aliphatic heterocycles. The van der Waals surface area contributed by atoms with Crippen LogP contribution in [0.4, 0.5) is 9.59 Å². The zero-order valence-electron chi connectivity index (χ0n) is 14.4. The number of urea groups is 1. The predicted octanol–water partition coefficient (Wildman–Crippen LogP) is 1.41. The van der Waals surface area contributed by atoms with Gasteiger partial charge in [0.2, 0.25) is 0 Å². The molecule has 24 heavy (non-hydrogen) atoms. The summed E-state index contributed by atoms with van der Waals surface area (Å²) in [6.07, 6.45) is 2.75. The number of ether oxygens (including phenoxy) is 1. The second-order valence-electron chi connectivity index (χ2n) is 6.08. The van der Waals surface area contributed by atoms with E-state index in [4.69, 9.17) is 9.15 Å². The van der Waals surface area contributed by atoms with Crippen LogP contribution in [-0.2, 0) is 4.74 Å². The first-order valence-corrected chi connectivity index (χ1v) is 8.08. The Hall–Kier alpha value is -2.22. The Labute approximate surface area is 142 Å². The minimum absolute atomic E-state index is 0.0214. The molecule has 2 N–H and O–H groups in total. The van der Waals surface area contributed by atoms with Gasteiger partial charge in [-0.3, -0.25) is 4.90 Å². The van der Waals surface area contributed by atoms with Gasteiger partial charge in [-0.15, -0.1) is 0 Å². The van der Waals surface area contributed by atoms with Crippen molar-refractivity contribution in [3.63, 3.8) is 0 Å². The van der Waals surface area contributed by atoms with Gasteiger partial charge in [0, 0.05) is 25.7 Å². The normalized spacial score (nSPS) is 16.8. The van der Waals surface area contributed by atoms with Crippen molar-refractivity contribution < 1.29 is 18.7 Å². The average molecular weight is 338 g/mol. The van der Waals surface area contributed by atoms with E-state index in [-0.39, 0.29) is 24.2 Å². The largest absolute Gasteiger partial charge is 0.468 e. The van der Waals surface area contributed by atoms with Gasteiger partial charge in [0.25, 0.3) is 0 Å². The summed E-state index contributed by atoms with van der Waals surface area (Å²) in [6.45, 7) is 1.63. The SMILES string of the molecule is COC(=O)N1CCC(NC(=O)NCC(c2ccco2)N(C)C)CC1. The number of likely N-dealkylation sites (tertiary alicyclic amines) is 1. The maximum absolute atomic E-state index is 12.1. The van der Waals surface area contributed by atoms with E-state index < -0.39 is 0 Å². The maximum Gasteiger partial charge on any atom is 0.409 e. The molecule has 1 aromatic heterocycles. The Morgan fingerprint density at radius 3 is 2.67 bits per heavy atom. The van der Waals surface area contributed by atoms with Crippen molar-refractivity contribution in [2.75, 3.05) is 40.8 Å². The number of nitrogens with zero attached hydrogens (tertiary/aromatic N) is 2. The first kappa shape index (κ1) is 18.1. The summed E-state index contributed by atoms with van der Waals surface area (Å²) >= 11 is 0. The lowest BCUT2D eigenvalue weighted by molar-refractivity contribution is 0.110. The van der Waals surface area contributed by atoms with Gasteiger partial charge in [0.1, 0.15) is 5.76 Å². The van der Waals surface area contributed by atoms with Crippen molar-refractivity contribution in [1.82, 2.24) is 20.4 Å². The predicted molar refractivity (Wildman–Crippen MR) is 88.7 cm³/mol. The van der Waals surface area contributed by atoms with Crippen molar-refractivity contribution in [3.05, 3.63) is 24.2 Å². The molecule has 1 atom stereocenters. The second kappa shape index (κ2) is 8.58. The molecular formula is C16H26N4O4. The Kier molecular flexibility index (Phi) is 6.48. The molecule has 1 aromatic rings. The molecule has 2 heterocycles. The van der Waals surface area contributed by atoms with Crippen LogP contribution in [0.3, 0.4) is 0 Å². The number of furan rings is 1. The summed E-state index contributed by atoms with van der Waals surface area (Å²) in [7, 11) is 5.25. The smallest absolute Gasteiger partial charge is 0.409 e. The summed E-state index contributed by atoms with van der Waals surface area (Å²) in [6, 6.07) is 3.57. The number of hydrogen-bond donors (Lipinski definition) is 2. The van der Waals surface area contributed by atoms with Crippen molar-refractivity contribution in [2.24, 2.45) is 0 Å². The van der Waals surface area contributed by atoms with Gasteiger partial charge in [0.05, 0.1) is 19.4 Å². The molecule has 0 bridgehead atoms. The average Bonchev–Trinajstić information content (AvgIpc) is 3.09. The Bertz CT molecular complexity index is 524. The highest BCUT2D eigenvalue weighted by Gasteiger charge is 2.24. The number of carbonyl (C=O) groups excluding carboxylic acids is 2. The lowest BCUT2D eigenvalue weighted by atomic mass is 10.1. The van der Waals surface area contributed by atoms with E-state index in [1.165, 1.54) is 7.11 Å². The molecule has 134 valence electrons. The number of amides is 3. The quantitative estimate of drug-likeness (QED) is 0.848. The van der Waals surface area contributed by atoms with Gasteiger partial charge in [0.15, 0.2) is 0 Å². The summed E-state index contributed by atoms with van der Waals surface area (Å²) in [4.78, 5) is 27.2. The van der Waals surface area contributed by atoms with Crippen LogP contribution >= 0.6 is 0 Å². The number of nitrogens with one attached hydrogen (secondary N) is 2. The fourth-order valence-electron chi connectivity index (χ4n) is 2.78. The van der Waals surface area contributed by atoms with Gasteiger partial charge >= 0.3 is 12.1 Å². The molecule has 0 radical (unpaired) electrons. The first-order chi connectivity index (χ1) is 11.5. The topological polar surface area (TPSA) is 87.0 Å². The molecular weight excluding hydrogens is 312 g/mol. The molecule has 2 rings (SSSR count). The van der Waals surface area contributed by atoms with E-state index in [1.54, 1.807) is 11.2 Å². The molecule has 8 nitrogen and oxygen atoms in total. The third kappa shape index (κ3) is 4.89. The van der Waals surface area contributed by atoms with Crippen LogP contribution in [0.5, 0.6) is 0 Å². The van der Waals surface area contributed by atoms with Crippen LogP contribution in [0.15, 0.2) is 22.8 Å². The highest BCUT2D eigenvalue weighted by Crippen LogP contribution is 2.17. The number of likely N-dealkylation sites (N-methyl/N-ethyl adjacent to an activating group) is 1. The molecule has 8 heteroatoms. The Balaban J connectivity index is 1.74. The van der Waals surface area contributed by atoms with Gasteiger partial charge in [-0.25, -0.2) is 9.59 Å². The minimum Gasteiger partial charge on any atom is -0.468 e. The van der Waals surface area contributed by atoms with Crippen LogP contribution in [0.1, 0.15) is 24.6 Å². The van der Waals surface area contributed by atoms with Gasteiger partial charge in [-0.2, -0.15) is 0 Å². The molecule has 0 spiro atoms. The van der Waals surface area contributed by atoms with E-state index in [2.05, 4.69) is 10.6 Å². The highest BCUT2D eigenvalue weighted by molar-refractivity contribution is 5.74. The number of carbonyl (C=O) groups is 2. The van der Waals surface area contributed by atoms with Gasteiger partial charge in [-0.1, -0.05) is 0 Å². The fourth-order valence-corrected chi connectivity index (χ4v) is 2.78. The van der Waals surface area contributed by atoms with Crippen LogP contribution in [0.25, 0.3) is 0 Å². The highest BCUT2D eigenvalue weighted by atomic mass is 16.5. The second-order valence-corrected chi connectivity index (χ2v) is 6.08. The van der Waals surface area contributed by atoms with E-state index in [0.717, 1.165) is 18.6 Å². The molecule has 1 saturated heterocycles. The number of hydrogen-bond acceptors (Lipinski definition) is 5. The van der Waals surface area contributed by atoms with Crippen LogP contribution in [-0.4, -0.2) is 68.8 Å². The van der Waals surface area contributed by atoms with E-state index >= 15 is 0 Å². The van der Waals surface area contributed by atoms with Crippen molar-refractivity contribution >= 4 is 12.1 Å². The first-order valence-electron chi connectivity index (χ1n) is 8.08.